The fraction of sp³-hybridized carbons (Fsp3) is 0.529. The molecule has 0 aromatic heterocycles. The number of benzene rings is 1. The molecule has 1 aromatic carbocycles. The van der Waals surface area contributed by atoms with Gasteiger partial charge >= 0.3 is 0 Å². The molecule has 0 spiro atoms. The van der Waals surface area contributed by atoms with Crippen LogP contribution in [0.5, 0.6) is 0 Å². The molecule has 1 heterocycles. The fourth-order valence-electron chi connectivity index (χ4n) is 2.76. The van der Waals surface area contributed by atoms with E-state index in [2.05, 4.69) is 5.32 Å². The highest BCUT2D eigenvalue weighted by Gasteiger charge is 2.33. The summed E-state index contributed by atoms with van der Waals surface area (Å²) in [5.74, 6) is -0.510. The minimum atomic E-state index is -0.525. The van der Waals surface area contributed by atoms with Crippen LogP contribution in [-0.4, -0.2) is 48.6 Å². The van der Waals surface area contributed by atoms with E-state index in [0.29, 0.717) is 35.2 Å². The quantitative estimate of drug-likeness (QED) is 0.704. The van der Waals surface area contributed by atoms with Crippen molar-refractivity contribution in [3.63, 3.8) is 0 Å². The molecule has 1 aliphatic rings. The molecule has 0 aliphatic carbocycles. The van der Waals surface area contributed by atoms with Crippen LogP contribution >= 0.6 is 35.6 Å². The van der Waals surface area contributed by atoms with Crippen LogP contribution in [0, 0.1) is 0 Å². The van der Waals surface area contributed by atoms with Gasteiger partial charge in [-0.3, -0.25) is 9.59 Å². The molecule has 0 bridgehead atoms. The summed E-state index contributed by atoms with van der Waals surface area (Å²) in [6.45, 7) is 2.75. The second kappa shape index (κ2) is 10.9. The fourth-order valence-corrected chi connectivity index (χ4v) is 3.09. The van der Waals surface area contributed by atoms with E-state index in [-0.39, 0.29) is 36.9 Å². The molecular weight excluding hydrogens is 401 g/mol. The molecule has 26 heavy (non-hydrogen) atoms. The van der Waals surface area contributed by atoms with Gasteiger partial charge in [0.2, 0.25) is 5.91 Å². The van der Waals surface area contributed by atoms with Crippen molar-refractivity contribution in [3.05, 3.63) is 28.2 Å². The lowest BCUT2D eigenvalue weighted by Crippen LogP contribution is -2.44. The van der Waals surface area contributed by atoms with Crippen LogP contribution in [0.1, 0.15) is 26.2 Å². The van der Waals surface area contributed by atoms with E-state index in [0.717, 1.165) is 12.8 Å². The predicted molar refractivity (Wildman–Crippen MR) is 106 cm³/mol. The van der Waals surface area contributed by atoms with E-state index in [1.807, 2.05) is 6.92 Å². The lowest BCUT2D eigenvalue weighted by Gasteiger charge is -2.25. The highest BCUT2D eigenvalue weighted by atomic mass is 35.5. The Morgan fingerprint density at radius 2 is 2.08 bits per heavy atom. The number of amides is 2. The summed E-state index contributed by atoms with van der Waals surface area (Å²) >= 11 is 12.0. The third-order valence-electron chi connectivity index (χ3n) is 3.99. The number of rotatable bonds is 7. The molecule has 9 heteroatoms. The summed E-state index contributed by atoms with van der Waals surface area (Å²) in [6, 6.07) is 4.81. The summed E-state index contributed by atoms with van der Waals surface area (Å²) in [4.78, 5) is 26.5. The van der Waals surface area contributed by atoms with Gasteiger partial charge in [0.1, 0.15) is 6.10 Å². The molecule has 1 aromatic rings. The van der Waals surface area contributed by atoms with E-state index in [1.165, 1.54) is 4.90 Å². The molecule has 2 atom stereocenters. The first-order valence-corrected chi connectivity index (χ1v) is 9.09. The van der Waals surface area contributed by atoms with Crippen LogP contribution < -0.4 is 11.1 Å². The Kier molecular flexibility index (Phi) is 9.68. The summed E-state index contributed by atoms with van der Waals surface area (Å²) in [6.07, 6.45) is 1.52. The molecule has 1 fully saturated rings. The normalized spacial score (nSPS) is 18.9. The zero-order chi connectivity index (χ0) is 18.4. The van der Waals surface area contributed by atoms with Crippen molar-refractivity contribution in [1.29, 1.82) is 0 Å². The van der Waals surface area contributed by atoms with Gasteiger partial charge in [0.15, 0.2) is 0 Å². The Bertz CT molecular complexity index is 631. The maximum Gasteiger partial charge on any atom is 0.252 e. The highest BCUT2D eigenvalue weighted by Crippen LogP contribution is 2.25. The van der Waals surface area contributed by atoms with Crippen molar-refractivity contribution in [2.45, 2.75) is 38.4 Å². The molecule has 2 amide bonds. The third kappa shape index (κ3) is 6.28. The molecule has 1 aliphatic heterocycles. The van der Waals surface area contributed by atoms with Gasteiger partial charge in [0.05, 0.1) is 23.4 Å². The standard InChI is InChI=1S/C17H23Cl2N3O3.ClH/c1-2-7-22(17(24)15-6-4-12(9-20)25-15)10-16(23)21-14-8-11(18)3-5-13(14)19;/h3,5,8,12,15H,2,4,6-7,9-10,20H2,1H3,(H,21,23);1H/t12-,15+;/m1./s1. The Balaban J connectivity index is 0.00000338. The molecule has 1 saturated heterocycles. The Labute approximate surface area is 169 Å². The second-order valence-corrected chi connectivity index (χ2v) is 6.84. The van der Waals surface area contributed by atoms with Crippen LogP contribution in [0.2, 0.25) is 10.0 Å². The lowest BCUT2D eigenvalue weighted by molar-refractivity contribution is -0.144. The molecule has 2 rings (SSSR count). The number of nitrogens with zero attached hydrogens (tertiary/aromatic N) is 1. The van der Waals surface area contributed by atoms with E-state index < -0.39 is 6.10 Å². The van der Waals surface area contributed by atoms with Crippen molar-refractivity contribution >= 4 is 53.1 Å². The van der Waals surface area contributed by atoms with Crippen LogP contribution in [0.4, 0.5) is 5.69 Å². The summed E-state index contributed by atoms with van der Waals surface area (Å²) in [5, 5.41) is 3.55. The summed E-state index contributed by atoms with van der Waals surface area (Å²) in [5.41, 5.74) is 6.01. The number of carbonyl (C=O) groups excluding carboxylic acids is 2. The van der Waals surface area contributed by atoms with Crippen molar-refractivity contribution in [2.24, 2.45) is 5.73 Å². The average molecular weight is 425 g/mol. The van der Waals surface area contributed by atoms with Crippen molar-refractivity contribution in [3.8, 4) is 0 Å². The van der Waals surface area contributed by atoms with Gasteiger partial charge < -0.3 is 20.7 Å². The van der Waals surface area contributed by atoms with Gasteiger partial charge in [-0.15, -0.1) is 12.4 Å². The minimum absolute atomic E-state index is 0. The second-order valence-electron chi connectivity index (χ2n) is 5.99. The number of hydrogen-bond donors (Lipinski definition) is 2. The average Bonchev–Trinajstić information content (AvgIpc) is 3.06. The molecule has 0 unspecified atom stereocenters. The molecular formula is C17H24Cl3N3O3. The van der Waals surface area contributed by atoms with Crippen LogP contribution in [0.3, 0.4) is 0 Å². The van der Waals surface area contributed by atoms with Gasteiger partial charge in [0.25, 0.3) is 5.91 Å². The zero-order valence-electron chi connectivity index (χ0n) is 14.5. The number of nitrogens with two attached hydrogens (primary N) is 1. The number of nitrogens with one attached hydrogen (secondary N) is 1. The number of hydrogen-bond acceptors (Lipinski definition) is 4. The molecule has 3 N–H and O–H groups in total. The molecule has 6 nitrogen and oxygen atoms in total. The third-order valence-corrected chi connectivity index (χ3v) is 4.55. The first-order valence-electron chi connectivity index (χ1n) is 8.33. The molecule has 0 radical (unpaired) electrons. The summed E-state index contributed by atoms with van der Waals surface area (Å²) in [7, 11) is 0. The van der Waals surface area contributed by atoms with E-state index in [9.17, 15) is 9.59 Å². The van der Waals surface area contributed by atoms with Crippen LogP contribution in [-0.2, 0) is 14.3 Å². The highest BCUT2D eigenvalue weighted by molar-refractivity contribution is 6.35. The van der Waals surface area contributed by atoms with Gasteiger partial charge in [-0.1, -0.05) is 30.1 Å². The van der Waals surface area contributed by atoms with Gasteiger partial charge in [0, 0.05) is 18.1 Å². The predicted octanol–water partition coefficient (Wildman–Crippen LogP) is 3.10. The Morgan fingerprint density at radius 1 is 1.35 bits per heavy atom. The Hall–Kier alpha value is -1.05. The van der Waals surface area contributed by atoms with Gasteiger partial charge in [-0.25, -0.2) is 0 Å². The summed E-state index contributed by atoms with van der Waals surface area (Å²) < 4.78 is 5.65. The smallest absolute Gasteiger partial charge is 0.252 e. The topological polar surface area (TPSA) is 84.7 Å². The van der Waals surface area contributed by atoms with E-state index in [1.54, 1.807) is 18.2 Å². The van der Waals surface area contributed by atoms with Crippen molar-refractivity contribution in [2.75, 3.05) is 25.0 Å². The van der Waals surface area contributed by atoms with Crippen molar-refractivity contribution in [1.82, 2.24) is 4.90 Å². The number of ether oxygens (including phenoxy) is 1. The first kappa shape index (κ1) is 23.0. The zero-order valence-corrected chi connectivity index (χ0v) is 16.9. The van der Waals surface area contributed by atoms with Gasteiger partial charge in [-0.2, -0.15) is 0 Å². The van der Waals surface area contributed by atoms with E-state index >= 15 is 0 Å². The van der Waals surface area contributed by atoms with Crippen molar-refractivity contribution < 1.29 is 14.3 Å². The number of carbonyl (C=O) groups is 2. The van der Waals surface area contributed by atoms with Gasteiger partial charge in [-0.05, 0) is 37.5 Å². The monoisotopic (exact) mass is 423 g/mol. The SMILES string of the molecule is CCCN(CC(=O)Nc1cc(Cl)ccc1Cl)C(=O)[C@@H]1CC[C@H](CN)O1.Cl. The maximum absolute atomic E-state index is 12.6. The number of halogens is 3. The maximum atomic E-state index is 12.6. The first-order chi connectivity index (χ1) is 11.9. The van der Waals surface area contributed by atoms with Crippen LogP contribution in [0.15, 0.2) is 18.2 Å². The number of anilines is 1. The van der Waals surface area contributed by atoms with Crippen LogP contribution in [0.25, 0.3) is 0 Å². The minimum Gasteiger partial charge on any atom is -0.364 e. The molecule has 146 valence electrons. The molecule has 0 saturated carbocycles. The van der Waals surface area contributed by atoms with E-state index in [4.69, 9.17) is 33.7 Å². The Morgan fingerprint density at radius 3 is 2.69 bits per heavy atom. The lowest BCUT2D eigenvalue weighted by atomic mass is 10.1. The largest absolute Gasteiger partial charge is 0.364 e.